The SMILES string of the molecule is CC(C)c1cccc(CC(C)c2ccccc2)c1Cl. The first-order valence-corrected chi connectivity index (χ1v) is 7.29. The Balaban J connectivity index is 2.22. The molecule has 2 aromatic rings. The number of hydrogen-bond donors (Lipinski definition) is 0. The third-order valence-corrected chi connectivity index (χ3v) is 4.09. The first kappa shape index (κ1) is 14.1. The van der Waals surface area contributed by atoms with Crippen LogP contribution in [0.2, 0.25) is 5.02 Å². The van der Waals surface area contributed by atoms with Gasteiger partial charge in [0.05, 0.1) is 0 Å². The third-order valence-electron chi connectivity index (χ3n) is 3.63. The van der Waals surface area contributed by atoms with Crippen LogP contribution in [0.1, 0.15) is 49.3 Å². The molecule has 1 heteroatoms. The highest BCUT2D eigenvalue weighted by molar-refractivity contribution is 6.32. The van der Waals surface area contributed by atoms with Gasteiger partial charge < -0.3 is 0 Å². The summed E-state index contributed by atoms with van der Waals surface area (Å²) in [7, 11) is 0. The number of halogens is 1. The minimum atomic E-state index is 0.472. The van der Waals surface area contributed by atoms with Gasteiger partial charge in [-0.05, 0) is 34.9 Å². The van der Waals surface area contributed by atoms with Crippen molar-refractivity contribution < 1.29 is 0 Å². The summed E-state index contributed by atoms with van der Waals surface area (Å²) in [6, 6.07) is 17.0. The second-order valence-electron chi connectivity index (χ2n) is 5.49. The summed E-state index contributed by atoms with van der Waals surface area (Å²) in [5.74, 6) is 0.959. The van der Waals surface area contributed by atoms with Crippen LogP contribution in [0, 0.1) is 0 Å². The van der Waals surface area contributed by atoms with Crippen LogP contribution in [0.3, 0.4) is 0 Å². The molecular weight excluding hydrogens is 252 g/mol. The molecule has 0 saturated carbocycles. The fourth-order valence-electron chi connectivity index (χ4n) is 2.43. The molecule has 0 nitrogen and oxygen atoms in total. The van der Waals surface area contributed by atoms with Crippen LogP contribution in [-0.4, -0.2) is 0 Å². The van der Waals surface area contributed by atoms with E-state index in [1.165, 1.54) is 16.7 Å². The van der Waals surface area contributed by atoms with Gasteiger partial charge in [0.1, 0.15) is 0 Å². The van der Waals surface area contributed by atoms with E-state index < -0.39 is 0 Å². The minimum Gasteiger partial charge on any atom is -0.0837 e. The topological polar surface area (TPSA) is 0 Å². The predicted octanol–water partition coefficient (Wildman–Crippen LogP) is 5.81. The van der Waals surface area contributed by atoms with Crippen molar-refractivity contribution in [2.75, 3.05) is 0 Å². The van der Waals surface area contributed by atoms with Gasteiger partial charge in [-0.3, -0.25) is 0 Å². The number of rotatable bonds is 4. The van der Waals surface area contributed by atoms with Crippen molar-refractivity contribution in [3.8, 4) is 0 Å². The van der Waals surface area contributed by atoms with E-state index >= 15 is 0 Å². The van der Waals surface area contributed by atoms with Crippen molar-refractivity contribution in [1.82, 2.24) is 0 Å². The standard InChI is InChI=1S/C18H21Cl/c1-13(2)17-11-7-10-16(18(17)19)12-14(3)15-8-5-4-6-9-15/h4-11,13-14H,12H2,1-3H3. The van der Waals surface area contributed by atoms with Gasteiger partial charge in [-0.2, -0.15) is 0 Å². The Labute approximate surface area is 121 Å². The van der Waals surface area contributed by atoms with Gasteiger partial charge >= 0.3 is 0 Å². The van der Waals surface area contributed by atoms with Gasteiger partial charge in [0.15, 0.2) is 0 Å². The van der Waals surface area contributed by atoms with Crippen LogP contribution in [-0.2, 0) is 6.42 Å². The molecule has 0 fully saturated rings. The van der Waals surface area contributed by atoms with E-state index in [0.29, 0.717) is 11.8 Å². The maximum absolute atomic E-state index is 6.54. The lowest BCUT2D eigenvalue weighted by Gasteiger charge is -2.16. The maximum Gasteiger partial charge on any atom is 0.0472 e. The molecular formula is C18H21Cl. The second kappa shape index (κ2) is 6.25. The summed E-state index contributed by atoms with van der Waals surface area (Å²) in [6.45, 7) is 6.63. The molecule has 0 amide bonds. The van der Waals surface area contributed by atoms with Crippen LogP contribution in [0.25, 0.3) is 0 Å². The average molecular weight is 273 g/mol. The van der Waals surface area contributed by atoms with E-state index in [1.54, 1.807) is 0 Å². The smallest absolute Gasteiger partial charge is 0.0472 e. The van der Waals surface area contributed by atoms with E-state index in [-0.39, 0.29) is 0 Å². The molecule has 0 aliphatic carbocycles. The molecule has 0 aromatic heterocycles. The summed E-state index contributed by atoms with van der Waals surface area (Å²) in [4.78, 5) is 0. The zero-order valence-electron chi connectivity index (χ0n) is 11.9. The van der Waals surface area contributed by atoms with Gasteiger partial charge in [-0.25, -0.2) is 0 Å². The van der Waals surface area contributed by atoms with E-state index in [2.05, 4.69) is 69.3 Å². The van der Waals surface area contributed by atoms with Crippen LogP contribution in [0.5, 0.6) is 0 Å². The van der Waals surface area contributed by atoms with E-state index in [4.69, 9.17) is 11.6 Å². The molecule has 1 unspecified atom stereocenters. The zero-order chi connectivity index (χ0) is 13.8. The fourth-order valence-corrected chi connectivity index (χ4v) is 2.85. The van der Waals surface area contributed by atoms with E-state index in [0.717, 1.165) is 11.4 Å². The van der Waals surface area contributed by atoms with E-state index in [1.807, 2.05) is 0 Å². The van der Waals surface area contributed by atoms with Crippen LogP contribution in [0.4, 0.5) is 0 Å². The summed E-state index contributed by atoms with van der Waals surface area (Å²) in [6.07, 6.45) is 0.989. The van der Waals surface area contributed by atoms with Crippen molar-refractivity contribution in [2.45, 2.75) is 39.0 Å². The molecule has 0 bridgehead atoms. The molecule has 0 spiro atoms. The lowest BCUT2D eigenvalue weighted by atomic mass is 9.91. The molecule has 0 aliphatic rings. The Bertz CT molecular complexity index is 529. The molecule has 19 heavy (non-hydrogen) atoms. The van der Waals surface area contributed by atoms with Crippen molar-refractivity contribution in [3.05, 3.63) is 70.2 Å². The van der Waals surface area contributed by atoms with Crippen molar-refractivity contribution in [1.29, 1.82) is 0 Å². The molecule has 0 aliphatic heterocycles. The Morgan fingerprint density at radius 2 is 1.58 bits per heavy atom. The van der Waals surface area contributed by atoms with Gasteiger partial charge in [-0.1, -0.05) is 80.9 Å². The zero-order valence-corrected chi connectivity index (χ0v) is 12.6. The molecule has 100 valence electrons. The highest BCUT2D eigenvalue weighted by Gasteiger charge is 2.12. The average Bonchev–Trinajstić information content (AvgIpc) is 2.41. The van der Waals surface area contributed by atoms with Gasteiger partial charge in [0, 0.05) is 5.02 Å². The molecule has 0 N–H and O–H groups in total. The number of benzene rings is 2. The molecule has 2 rings (SSSR count). The molecule has 0 radical (unpaired) electrons. The predicted molar refractivity (Wildman–Crippen MR) is 84.1 cm³/mol. The Morgan fingerprint density at radius 3 is 2.21 bits per heavy atom. The lowest BCUT2D eigenvalue weighted by molar-refractivity contribution is 0.755. The molecule has 0 heterocycles. The first-order chi connectivity index (χ1) is 9.09. The van der Waals surface area contributed by atoms with Crippen molar-refractivity contribution in [2.24, 2.45) is 0 Å². The summed E-state index contributed by atoms with van der Waals surface area (Å²) in [5.41, 5.74) is 3.87. The maximum atomic E-state index is 6.54. The number of hydrogen-bond acceptors (Lipinski definition) is 0. The Morgan fingerprint density at radius 1 is 0.895 bits per heavy atom. The molecule has 2 aromatic carbocycles. The fraction of sp³-hybridized carbons (Fsp3) is 0.333. The highest BCUT2D eigenvalue weighted by Crippen LogP contribution is 2.30. The van der Waals surface area contributed by atoms with Gasteiger partial charge in [-0.15, -0.1) is 0 Å². The second-order valence-corrected chi connectivity index (χ2v) is 5.87. The third kappa shape index (κ3) is 3.39. The quantitative estimate of drug-likeness (QED) is 0.659. The van der Waals surface area contributed by atoms with Gasteiger partial charge in [0.25, 0.3) is 0 Å². The molecule has 1 atom stereocenters. The normalized spacial score (nSPS) is 12.7. The first-order valence-electron chi connectivity index (χ1n) is 6.91. The lowest BCUT2D eigenvalue weighted by Crippen LogP contribution is -2.01. The van der Waals surface area contributed by atoms with Crippen molar-refractivity contribution >= 4 is 11.6 Å². The molecule has 0 saturated heterocycles. The summed E-state index contributed by atoms with van der Waals surface area (Å²) >= 11 is 6.54. The Hall–Kier alpha value is -1.27. The highest BCUT2D eigenvalue weighted by atomic mass is 35.5. The van der Waals surface area contributed by atoms with Crippen molar-refractivity contribution in [3.63, 3.8) is 0 Å². The monoisotopic (exact) mass is 272 g/mol. The van der Waals surface area contributed by atoms with E-state index in [9.17, 15) is 0 Å². The summed E-state index contributed by atoms with van der Waals surface area (Å²) in [5, 5.41) is 0.945. The van der Waals surface area contributed by atoms with Crippen LogP contribution in [0.15, 0.2) is 48.5 Å². The Kier molecular flexibility index (Phi) is 4.66. The van der Waals surface area contributed by atoms with Crippen LogP contribution >= 0.6 is 11.6 Å². The largest absolute Gasteiger partial charge is 0.0837 e. The summed E-state index contributed by atoms with van der Waals surface area (Å²) < 4.78 is 0. The van der Waals surface area contributed by atoms with Crippen LogP contribution < -0.4 is 0 Å². The van der Waals surface area contributed by atoms with Gasteiger partial charge in [0.2, 0.25) is 0 Å². The minimum absolute atomic E-state index is 0.472.